The molecule has 1 aromatic rings. The van der Waals surface area contributed by atoms with Crippen LogP contribution in [-0.2, 0) is 11.3 Å². The number of hydrogen-bond acceptors (Lipinski definition) is 1. The molecule has 0 aliphatic heterocycles. The Labute approximate surface area is 80.3 Å². The highest BCUT2D eigenvalue weighted by Crippen LogP contribution is 2.11. The fourth-order valence-corrected chi connectivity index (χ4v) is 1.18. The molecule has 1 rings (SSSR count). The van der Waals surface area contributed by atoms with E-state index in [4.69, 9.17) is 0 Å². The minimum atomic E-state index is 0.663. The zero-order valence-corrected chi connectivity index (χ0v) is 8.41. The number of carbonyl (C=O) groups excluding carboxylic acids is 1. The van der Waals surface area contributed by atoms with Crippen LogP contribution in [0.2, 0.25) is 0 Å². The van der Waals surface area contributed by atoms with Gasteiger partial charge in [-0.1, -0.05) is 28.1 Å². The lowest BCUT2D eigenvalue weighted by atomic mass is 10.2. The van der Waals surface area contributed by atoms with Gasteiger partial charge in [0, 0.05) is 18.1 Å². The Bertz CT molecular complexity index is 258. The van der Waals surface area contributed by atoms with Crippen LogP contribution < -0.4 is 0 Å². The van der Waals surface area contributed by atoms with Crippen LogP contribution in [0.15, 0.2) is 28.7 Å². The summed E-state index contributed by atoms with van der Waals surface area (Å²) >= 11 is 3.35. The summed E-state index contributed by atoms with van der Waals surface area (Å²) in [6.45, 7) is 0.663. The van der Waals surface area contributed by atoms with Crippen LogP contribution in [0.5, 0.6) is 0 Å². The summed E-state index contributed by atoms with van der Waals surface area (Å²) in [5.41, 5.74) is 1.13. The van der Waals surface area contributed by atoms with Gasteiger partial charge >= 0.3 is 0 Å². The molecule has 2 nitrogen and oxygen atoms in total. The molecule has 0 aliphatic rings. The van der Waals surface area contributed by atoms with E-state index in [9.17, 15) is 4.79 Å². The zero-order valence-electron chi connectivity index (χ0n) is 6.83. The second-order valence-electron chi connectivity index (χ2n) is 2.65. The van der Waals surface area contributed by atoms with E-state index in [2.05, 4.69) is 15.9 Å². The standard InChI is InChI=1S/C9H10BrNO/c1-11(7-12)6-8-2-4-9(10)5-3-8/h2-5,7H,6H2,1H3. The molecule has 12 heavy (non-hydrogen) atoms. The summed E-state index contributed by atoms with van der Waals surface area (Å²) in [6, 6.07) is 7.91. The summed E-state index contributed by atoms with van der Waals surface area (Å²) in [5.74, 6) is 0. The maximum Gasteiger partial charge on any atom is 0.209 e. The molecule has 0 saturated heterocycles. The van der Waals surface area contributed by atoms with Crippen molar-refractivity contribution >= 4 is 22.3 Å². The first-order chi connectivity index (χ1) is 5.72. The topological polar surface area (TPSA) is 20.3 Å². The van der Waals surface area contributed by atoms with Crippen molar-refractivity contribution in [1.82, 2.24) is 4.90 Å². The number of amides is 1. The van der Waals surface area contributed by atoms with Gasteiger partial charge in [-0.05, 0) is 17.7 Å². The zero-order chi connectivity index (χ0) is 8.97. The van der Waals surface area contributed by atoms with Gasteiger partial charge in [0.05, 0.1) is 0 Å². The van der Waals surface area contributed by atoms with Gasteiger partial charge in [0.25, 0.3) is 0 Å². The van der Waals surface area contributed by atoms with E-state index in [0.29, 0.717) is 6.54 Å². The van der Waals surface area contributed by atoms with Crippen LogP contribution >= 0.6 is 15.9 Å². The molecule has 1 aromatic carbocycles. The summed E-state index contributed by atoms with van der Waals surface area (Å²) < 4.78 is 1.06. The lowest BCUT2D eigenvalue weighted by molar-refractivity contribution is -0.117. The molecular weight excluding hydrogens is 218 g/mol. The van der Waals surface area contributed by atoms with E-state index < -0.39 is 0 Å². The second kappa shape index (κ2) is 4.26. The molecule has 0 aromatic heterocycles. The van der Waals surface area contributed by atoms with Crippen LogP contribution in [0.4, 0.5) is 0 Å². The van der Waals surface area contributed by atoms with Crippen LogP contribution in [0.1, 0.15) is 5.56 Å². The molecule has 3 heteroatoms. The Kier molecular flexibility index (Phi) is 3.29. The minimum absolute atomic E-state index is 0.663. The molecular formula is C9H10BrNO. The number of hydrogen-bond donors (Lipinski definition) is 0. The predicted octanol–water partition coefficient (Wildman–Crippen LogP) is 2.04. The Balaban J connectivity index is 2.64. The van der Waals surface area contributed by atoms with Crippen molar-refractivity contribution in [2.24, 2.45) is 0 Å². The monoisotopic (exact) mass is 227 g/mol. The highest BCUT2D eigenvalue weighted by atomic mass is 79.9. The van der Waals surface area contributed by atoms with Crippen molar-refractivity contribution in [2.45, 2.75) is 6.54 Å². The SMILES string of the molecule is CN(C=O)Cc1ccc(Br)cc1. The summed E-state index contributed by atoms with van der Waals surface area (Å²) in [5, 5.41) is 0. The fraction of sp³-hybridized carbons (Fsp3) is 0.222. The van der Waals surface area contributed by atoms with Gasteiger partial charge in [-0.3, -0.25) is 4.79 Å². The highest BCUT2D eigenvalue weighted by Gasteiger charge is 1.95. The molecule has 0 spiro atoms. The molecule has 0 bridgehead atoms. The van der Waals surface area contributed by atoms with Crippen molar-refractivity contribution in [3.8, 4) is 0 Å². The molecule has 0 atom stereocenters. The van der Waals surface area contributed by atoms with Crippen LogP contribution in [0.25, 0.3) is 0 Å². The fourth-order valence-electron chi connectivity index (χ4n) is 0.915. The lowest BCUT2D eigenvalue weighted by Crippen LogP contribution is -2.14. The number of nitrogens with zero attached hydrogens (tertiary/aromatic N) is 1. The molecule has 0 fully saturated rings. The Morgan fingerprint density at radius 3 is 2.50 bits per heavy atom. The van der Waals surface area contributed by atoms with Crippen molar-refractivity contribution in [1.29, 1.82) is 0 Å². The maximum absolute atomic E-state index is 10.3. The van der Waals surface area contributed by atoms with Gasteiger partial charge in [-0.25, -0.2) is 0 Å². The first-order valence-corrected chi connectivity index (χ1v) is 4.41. The summed E-state index contributed by atoms with van der Waals surface area (Å²) in [4.78, 5) is 11.9. The molecule has 0 heterocycles. The van der Waals surface area contributed by atoms with Gasteiger partial charge in [0.2, 0.25) is 6.41 Å². The van der Waals surface area contributed by atoms with E-state index in [0.717, 1.165) is 16.4 Å². The molecule has 0 radical (unpaired) electrons. The lowest BCUT2D eigenvalue weighted by Gasteiger charge is -2.09. The normalized spacial score (nSPS) is 9.50. The average molecular weight is 228 g/mol. The molecule has 0 N–H and O–H groups in total. The molecule has 0 saturated carbocycles. The van der Waals surface area contributed by atoms with Crippen LogP contribution in [-0.4, -0.2) is 18.4 Å². The van der Waals surface area contributed by atoms with Crippen LogP contribution in [0, 0.1) is 0 Å². The van der Waals surface area contributed by atoms with E-state index in [1.807, 2.05) is 24.3 Å². The molecule has 64 valence electrons. The van der Waals surface area contributed by atoms with Gasteiger partial charge in [-0.2, -0.15) is 0 Å². The third-order valence-electron chi connectivity index (χ3n) is 1.53. The number of benzene rings is 1. The number of halogens is 1. The smallest absolute Gasteiger partial charge is 0.209 e. The second-order valence-corrected chi connectivity index (χ2v) is 3.56. The number of carbonyl (C=O) groups is 1. The molecule has 0 aliphatic carbocycles. The first kappa shape index (κ1) is 9.26. The average Bonchev–Trinajstić information content (AvgIpc) is 2.09. The van der Waals surface area contributed by atoms with Gasteiger partial charge < -0.3 is 4.90 Å². The Hall–Kier alpha value is -0.830. The molecule has 0 unspecified atom stereocenters. The van der Waals surface area contributed by atoms with Crippen molar-refractivity contribution in [3.63, 3.8) is 0 Å². The molecule has 1 amide bonds. The van der Waals surface area contributed by atoms with Gasteiger partial charge in [0.15, 0.2) is 0 Å². The van der Waals surface area contributed by atoms with Crippen molar-refractivity contribution in [2.75, 3.05) is 7.05 Å². The number of rotatable bonds is 3. The van der Waals surface area contributed by atoms with Crippen LogP contribution in [0.3, 0.4) is 0 Å². The minimum Gasteiger partial charge on any atom is -0.344 e. The summed E-state index contributed by atoms with van der Waals surface area (Å²) in [6.07, 6.45) is 0.821. The largest absolute Gasteiger partial charge is 0.344 e. The first-order valence-electron chi connectivity index (χ1n) is 3.62. The predicted molar refractivity (Wildman–Crippen MR) is 51.7 cm³/mol. The maximum atomic E-state index is 10.3. The van der Waals surface area contributed by atoms with E-state index in [-0.39, 0.29) is 0 Å². The summed E-state index contributed by atoms with van der Waals surface area (Å²) in [7, 11) is 1.76. The van der Waals surface area contributed by atoms with E-state index in [1.54, 1.807) is 11.9 Å². The Morgan fingerprint density at radius 2 is 2.00 bits per heavy atom. The van der Waals surface area contributed by atoms with E-state index in [1.165, 1.54) is 0 Å². The third kappa shape index (κ3) is 2.66. The Morgan fingerprint density at radius 1 is 1.42 bits per heavy atom. The third-order valence-corrected chi connectivity index (χ3v) is 2.05. The van der Waals surface area contributed by atoms with Crippen molar-refractivity contribution in [3.05, 3.63) is 34.3 Å². The van der Waals surface area contributed by atoms with E-state index >= 15 is 0 Å². The highest BCUT2D eigenvalue weighted by molar-refractivity contribution is 9.10. The van der Waals surface area contributed by atoms with Gasteiger partial charge in [0.1, 0.15) is 0 Å². The van der Waals surface area contributed by atoms with Crippen molar-refractivity contribution < 1.29 is 4.79 Å². The van der Waals surface area contributed by atoms with Gasteiger partial charge in [-0.15, -0.1) is 0 Å². The quantitative estimate of drug-likeness (QED) is 0.725.